The van der Waals surface area contributed by atoms with Crippen molar-refractivity contribution in [2.24, 2.45) is 7.05 Å². The van der Waals surface area contributed by atoms with Crippen LogP contribution in [0.1, 0.15) is 5.82 Å². The van der Waals surface area contributed by atoms with Gasteiger partial charge in [0, 0.05) is 18.6 Å². The Balaban J connectivity index is 3.41. The number of rotatable bonds is 0. The average molecular weight is 130 g/mol. The van der Waals surface area contributed by atoms with E-state index in [1.807, 2.05) is 0 Å². The van der Waals surface area contributed by atoms with Gasteiger partial charge in [0.15, 0.2) is 0 Å². The van der Waals surface area contributed by atoms with Gasteiger partial charge in [0.2, 0.25) is 0 Å². The fraction of sp³-hybridized carbons (Fsp3) is 0.500. The molecule has 1 rings (SSSR count). The number of hydrogen-bond donors (Lipinski definition) is 0. The highest BCUT2D eigenvalue weighted by molar-refractivity contribution is 7.02. The molecule has 0 aliphatic heterocycles. The molecule has 4 heteroatoms. The summed E-state index contributed by atoms with van der Waals surface area (Å²) >= 11 is 0.988. The number of aromatic nitrogens is 2. The quantitative estimate of drug-likeness (QED) is 0.501. The highest BCUT2D eigenvalue weighted by atomic mass is 32.1. The molecule has 0 saturated carbocycles. The van der Waals surface area contributed by atoms with Gasteiger partial charge in [-0.05, 0) is 6.92 Å². The molecule has 44 valence electrons. The lowest BCUT2D eigenvalue weighted by Crippen LogP contribution is -2.08. The van der Waals surface area contributed by atoms with Crippen LogP contribution in [0.2, 0.25) is 0 Å². The van der Waals surface area contributed by atoms with Crippen LogP contribution in [0.3, 0.4) is 0 Å². The van der Waals surface area contributed by atoms with Gasteiger partial charge in [-0.3, -0.25) is 9.36 Å². The van der Waals surface area contributed by atoms with Crippen LogP contribution in [0, 0.1) is 6.92 Å². The molecule has 0 radical (unpaired) electrons. The first kappa shape index (κ1) is 5.50. The predicted molar refractivity (Wildman–Crippen MR) is 32.1 cm³/mol. The van der Waals surface area contributed by atoms with Gasteiger partial charge in [-0.2, -0.15) is 4.37 Å². The van der Waals surface area contributed by atoms with Crippen molar-refractivity contribution < 1.29 is 0 Å². The number of aryl methyl sites for hydroxylation is 1. The van der Waals surface area contributed by atoms with Gasteiger partial charge in [0.05, 0.1) is 0 Å². The van der Waals surface area contributed by atoms with E-state index in [0.717, 1.165) is 17.4 Å². The van der Waals surface area contributed by atoms with Gasteiger partial charge in [-0.1, -0.05) is 0 Å². The van der Waals surface area contributed by atoms with Crippen molar-refractivity contribution >= 4 is 11.5 Å². The smallest absolute Gasteiger partial charge is 0.289 e. The minimum Gasteiger partial charge on any atom is -0.289 e. The largest absolute Gasteiger partial charge is 0.325 e. The SMILES string of the molecule is Cc1nsc(=O)n1C. The molecule has 1 aromatic rings. The van der Waals surface area contributed by atoms with E-state index in [2.05, 4.69) is 4.37 Å². The monoisotopic (exact) mass is 130 g/mol. The maximum atomic E-state index is 10.6. The van der Waals surface area contributed by atoms with Crippen molar-refractivity contribution in [2.45, 2.75) is 6.92 Å². The van der Waals surface area contributed by atoms with E-state index < -0.39 is 0 Å². The maximum Gasteiger partial charge on any atom is 0.325 e. The molecular weight excluding hydrogens is 124 g/mol. The van der Waals surface area contributed by atoms with Gasteiger partial charge < -0.3 is 0 Å². The Hall–Kier alpha value is -0.640. The van der Waals surface area contributed by atoms with Gasteiger partial charge >= 0.3 is 4.87 Å². The molecule has 0 bridgehead atoms. The van der Waals surface area contributed by atoms with E-state index in [1.165, 1.54) is 4.57 Å². The first-order valence-electron chi connectivity index (χ1n) is 2.21. The first-order chi connectivity index (χ1) is 3.72. The summed E-state index contributed by atoms with van der Waals surface area (Å²) in [7, 11) is 1.71. The zero-order chi connectivity index (χ0) is 6.15. The third kappa shape index (κ3) is 0.667. The molecule has 0 amide bonds. The van der Waals surface area contributed by atoms with Crippen LogP contribution < -0.4 is 4.87 Å². The summed E-state index contributed by atoms with van der Waals surface area (Å²) in [4.78, 5) is 10.6. The van der Waals surface area contributed by atoms with Gasteiger partial charge in [0.1, 0.15) is 5.82 Å². The van der Waals surface area contributed by atoms with Gasteiger partial charge in [0.25, 0.3) is 0 Å². The molecule has 0 aliphatic rings. The Kier molecular flexibility index (Phi) is 1.17. The third-order valence-electron chi connectivity index (χ3n) is 1.02. The van der Waals surface area contributed by atoms with Crippen molar-refractivity contribution in [3.8, 4) is 0 Å². The van der Waals surface area contributed by atoms with Crippen LogP contribution in [0.4, 0.5) is 0 Å². The highest BCUT2D eigenvalue weighted by Gasteiger charge is 1.94. The summed E-state index contributed by atoms with van der Waals surface area (Å²) in [6, 6.07) is 0. The molecule has 8 heavy (non-hydrogen) atoms. The van der Waals surface area contributed by atoms with Crippen molar-refractivity contribution in [1.82, 2.24) is 8.94 Å². The van der Waals surface area contributed by atoms with Gasteiger partial charge in [-0.15, -0.1) is 0 Å². The normalized spacial score (nSPS) is 9.75. The van der Waals surface area contributed by atoms with Crippen molar-refractivity contribution in [1.29, 1.82) is 0 Å². The van der Waals surface area contributed by atoms with Crippen molar-refractivity contribution in [3.05, 3.63) is 15.5 Å². The lowest BCUT2D eigenvalue weighted by molar-refractivity contribution is 0.830. The van der Waals surface area contributed by atoms with Crippen LogP contribution in [0.25, 0.3) is 0 Å². The molecule has 0 unspecified atom stereocenters. The van der Waals surface area contributed by atoms with Crippen molar-refractivity contribution in [3.63, 3.8) is 0 Å². The molecule has 1 heterocycles. The summed E-state index contributed by atoms with van der Waals surface area (Å²) < 4.78 is 5.33. The van der Waals surface area contributed by atoms with Crippen LogP contribution in [-0.2, 0) is 7.05 Å². The zero-order valence-corrected chi connectivity index (χ0v) is 5.53. The van der Waals surface area contributed by atoms with Crippen LogP contribution in [0.15, 0.2) is 4.79 Å². The predicted octanol–water partition coefficient (Wildman–Crippen LogP) is 0.150. The van der Waals surface area contributed by atoms with Crippen molar-refractivity contribution in [2.75, 3.05) is 0 Å². The second-order valence-electron chi connectivity index (χ2n) is 1.55. The molecule has 0 aliphatic carbocycles. The lowest BCUT2D eigenvalue weighted by Gasteiger charge is -1.84. The van der Waals surface area contributed by atoms with E-state index in [-0.39, 0.29) is 4.87 Å². The van der Waals surface area contributed by atoms with E-state index in [9.17, 15) is 4.79 Å². The fourth-order valence-electron chi connectivity index (χ4n) is 0.360. The molecule has 0 N–H and O–H groups in total. The molecule has 3 nitrogen and oxygen atoms in total. The summed E-state index contributed by atoms with van der Waals surface area (Å²) in [6.45, 7) is 1.80. The number of nitrogens with zero attached hydrogens (tertiary/aromatic N) is 2. The summed E-state index contributed by atoms with van der Waals surface area (Å²) in [5.74, 6) is 0.778. The molecule has 0 spiro atoms. The lowest BCUT2D eigenvalue weighted by atomic mass is 10.7. The molecule has 0 fully saturated rings. The van der Waals surface area contributed by atoms with Crippen LogP contribution in [-0.4, -0.2) is 8.94 Å². The maximum absolute atomic E-state index is 10.6. The Morgan fingerprint density at radius 1 is 1.75 bits per heavy atom. The Morgan fingerprint density at radius 2 is 2.38 bits per heavy atom. The topological polar surface area (TPSA) is 34.9 Å². The standard InChI is InChI=1S/C4H6N2OS/c1-3-5-8-4(7)6(3)2/h1-2H3. The average Bonchev–Trinajstić information content (AvgIpc) is 1.98. The van der Waals surface area contributed by atoms with Crippen LogP contribution in [0.5, 0.6) is 0 Å². The van der Waals surface area contributed by atoms with E-state index >= 15 is 0 Å². The van der Waals surface area contributed by atoms with Crippen LogP contribution >= 0.6 is 11.5 Å². The molecular formula is C4H6N2OS. The zero-order valence-electron chi connectivity index (χ0n) is 4.71. The van der Waals surface area contributed by atoms with E-state index in [1.54, 1.807) is 14.0 Å². The minimum absolute atomic E-state index is 0.00231. The first-order valence-corrected chi connectivity index (χ1v) is 2.98. The summed E-state index contributed by atoms with van der Waals surface area (Å²) in [5.41, 5.74) is 0. The minimum atomic E-state index is 0.00231. The molecule has 1 aromatic heterocycles. The second kappa shape index (κ2) is 1.70. The Bertz CT molecular complexity index is 236. The highest BCUT2D eigenvalue weighted by Crippen LogP contribution is 1.86. The third-order valence-corrected chi connectivity index (χ3v) is 1.80. The summed E-state index contributed by atoms with van der Waals surface area (Å²) in [6.07, 6.45) is 0. The van der Waals surface area contributed by atoms with E-state index in [0.29, 0.717) is 0 Å². The molecule has 0 aromatic carbocycles. The number of hydrogen-bond acceptors (Lipinski definition) is 3. The molecule has 0 saturated heterocycles. The fourth-order valence-corrected chi connectivity index (χ4v) is 0.947. The van der Waals surface area contributed by atoms with Gasteiger partial charge in [-0.25, -0.2) is 0 Å². The summed E-state index contributed by atoms with van der Waals surface area (Å²) in [5, 5.41) is 0. The second-order valence-corrected chi connectivity index (χ2v) is 2.27. The molecule has 0 atom stereocenters. The Labute approximate surface area is 50.8 Å². The van der Waals surface area contributed by atoms with E-state index in [4.69, 9.17) is 0 Å². The Morgan fingerprint density at radius 3 is 2.50 bits per heavy atom.